The average molecular weight is 1140 g/mol. The van der Waals surface area contributed by atoms with Gasteiger partial charge < -0.3 is 82.6 Å². The highest BCUT2D eigenvalue weighted by atomic mass is 16.8. The predicted octanol–water partition coefficient (Wildman–Crippen LogP) is 5.09. The molecule has 0 aromatic heterocycles. The van der Waals surface area contributed by atoms with Crippen LogP contribution in [0, 0.1) is 0 Å². The number of unbranched alkanes of at least 4 members (excludes halogenated alkanes) is 2. The van der Waals surface area contributed by atoms with Crippen LogP contribution in [-0.4, -0.2) is 164 Å². The molecule has 3 aliphatic heterocycles. The van der Waals surface area contributed by atoms with Crippen molar-refractivity contribution in [1.82, 2.24) is 5.32 Å². The highest BCUT2D eigenvalue weighted by molar-refractivity contribution is 5.89. The Labute approximate surface area is 477 Å². The summed E-state index contributed by atoms with van der Waals surface area (Å²) in [4.78, 5) is 39.1. The number of esters is 2. The maximum Gasteiger partial charge on any atom is 0.338 e. The van der Waals surface area contributed by atoms with Gasteiger partial charge in [0.2, 0.25) is 5.91 Å². The van der Waals surface area contributed by atoms with Crippen molar-refractivity contribution >= 4 is 17.8 Å². The standard InChI is InChI=1S/C62H75NO19/c1-40(66)63-50-54(51(68)46(33-64)77-60(50)73-32-20-8-19-31-49(67)71-2)81-62-58(80-59(70)45-29-17-7-18-30-45)55(52(69)47(34-65)78-62)82-61-57(76-38-44-27-15-6-16-28-44)56(75-37-43-25-13-5-14-26-43)53(74-36-42-23-11-4-12-24-42)48(79-61)39-72-35-41-21-9-3-10-22-41/h3-7,9-18,21-30,46-48,50-58,60-62,64-65,68-69H,8,19-20,31-39H2,1-2H3,(H,63,66)/t46-,47-,48-,50-,51-,52+,53+,54-,55+,56+,57-,58-,60-,61-,62+/m1/s1. The van der Waals surface area contributed by atoms with Gasteiger partial charge >= 0.3 is 11.9 Å². The van der Waals surface area contributed by atoms with Crippen LogP contribution in [0.5, 0.6) is 0 Å². The van der Waals surface area contributed by atoms with E-state index in [4.69, 9.17) is 56.8 Å². The van der Waals surface area contributed by atoms with Crippen LogP contribution in [0.15, 0.2) is 152 Å². The lowest BCUT2D eigenvalue weighted by molar-refractivity contribution is -0.380. The Balaban J connectivity index is 1.18. The van der Waals surface area contributed by atoms with Gasteiger partial charge in [-0.2, -0.15) is 0 Å². The number of aliphatic hydroxyl groups excluding tert-OH is 4. The third kappa shape index (κ3) is 17.5. The molecule has 0 bridgehead atoms. The van der Waals surface area contributed by atoms with Gasteiger partial charge in [-0.3, -0.25) is 9.59 Å². The van der Waals surface area contributed by atoms with Crippen LogP contribution in [0.25, 0.3) is 0 Å². The molecule has 20 heteroatoms. The van der Waals surface area contributed by atoms with Crippen molar-refractivity contribution in [3.63, 3.8) is 0 Å². The minimum Gasteiger partial charge on any atom is -0.469 e. The first kappa shape index (κ1) is 62.0. The summed E-state index contributed by atoms with van der Waals surface area (Å²) in [6.45, 7) is 0.140. The molecule has 3 saturated heterocycles. The lowest BCUT2D eigenvalue weighted by atomic mass is 9.94. The number of amides is 1. The van der Waals surface area contributed by atoms with Crippen molar-refractivity contribution in [1.29, 1.82) is 0 Å². The molecule has 15 atom stereocenters. The lowest BCUT2D eigenvalue weighted by Gasteiger charge is -2.50. The highest BCUT2D eigenvalue weighted by Crippen LogP contribution is 2.37. The van der Waals surface area contributed by atoms with E-state index in [1.165, 1.54) is 26.2 Å². The maximum atomic E-state index is 14.4. The molecule has 3 heterocycles. The van der Waals surface area contributed by atoms with Crippen molar-refractivity contribution in [3.8, 4) is 0 Å². The second-order valence-electron chi connectivity index (χ2n) is 20.2. The van der Waals surface area contributed by atoms with E-state index in [0.717, 1.165) is 22.3 Å². The molecule has 0 spiro atoms. The predicted molar refractivity (Wildman–Crippen MR) is 293 cm³/mol. The minimum atomic E-state index is -1.81. The fraction of sp³-hybridized carbons (Fsp3) is 0.468. The molecular formula is C62H75NO19. The molecule has 0 aliphatic carbocycles. The molecule has 0 unspecified atom stereocenters. The molecule has 0 saturated carbocycles. The number of ether oxygens (including phenoxy) is 12. The maximum absolute atomic E-state index is 14.4. The molecule has 0 radical (unpaired) electrons. The summed E-state index contributed by atoms with van der Waals surface area (Å²) in [5.41, 5.74) is 3.49. The van der Waals surface area contributed by atoms with Crippen LogP contribution >= 0.6 is 0 Å². The average Bonchev–Trinajstić information content (AvgIpc) is 3.17. The number of hydrogen-bond acceptors (Lipinski definition) is 19. The first-order chi connectivity index (χ1) is 40.0. The second kappa shape index (κ2) is 32.1. The van der Waals surface area contributed by atoms with Gasteiger partial charge in [-0.15, -0.1) is 0 Å². The first-order valence-electron chi connectivity index (χ1n) is 27.7. The third-order valence-corrected chi connectivity index (χ3v) is 14.2. The molecule has 1 amide bonds. The van der Waals surface area contributed by atoms with Gasteiger partial charge in [0.05, 0.1) is 58.9 Å². The molecule has 5 aromatic carbocycles. The van der Waals surface area contributed by atoms with E-state index < -0.39 is 117 Å². The van der Waals surface area contributed by atoms with Crippen molar-refractivity contribution in [2.45, 2.75) is 151 Å². The summed E-state index contributed by atoms with van der Waals surface area (Å²) in [5, 5.41) is 48.7. The van der Waals surface area contributed by atoms with Crippen LogP contribution in [0.2, 0.25) is 0 Å². The molecule has 8 rings (SSSR count). The number of rotatable bonds is 29. The zero-order chi connectivity index (χ0) is 57.6. The van der Waals surface area contributed by atoms with Gasteiger partial charge in [0.15, 0.2) is 25.0 Å². The summed E-state index contributed by atoms with van der Waals surface area (Å²) in [6, 6.07) is 44.8. The topological polar surface area (TPSA) is 255 Å². The Kier molecular flexibility index (Phi) is 24.3. The Morgan fingerprint density at radius 2 is 0.963 bits per heavy atom. The summed E-state index contributed by atoms with van der Waals surface area (Å²) in [7, 11) is 1.31. The van der Waals surface area contributed by atoms with Crippen molar-refractivity contribution in [3.05, 3.63) is 179 Å². The van der Waals surface area contributed by atoms with E-state index in [1.807, 2.05) is 121 Å². The number of hydrogen-bond donors (Lipinski definition) is 5. The van der Waals surface area contributed by atoms with Gasteiger partial charge in [-0.1, -0.05) is 146 Å². The van der Waals surface area contributed by atoms with E-state index in [2.05, 4.69) is 5.32 Å². The Bertz CT molecular complexity index is 2640. The summed E-state index contributed by atoms with van der Waals surface area (Å²) in [6.07, 6.45) is -18.3. The van der Waals surface area contributed by atoms with Crippen LogP contribution in [0.4, 0.5) is 0 Å². The van der Waals surface area contributed by atoms with E-state index in [-0.39, 0.29) is 57.6 Å². The molecule has 82 heavy (non-hydrogen) atoms. The van der Waals surface area contributed by atoms with Gasteiger partial charge in [0.25, 0.3) is 0 Å². The van der Waals surface area contributed by atoms with E-state index in [1.54, 1.807) is 18.2 Å². The number of carbonyl (C=O) groups is 3. The number of benzene rings is 5. The number of carbonyl (C=O) groups excluding carboxylic acids is 3. The Morgan fingerprint density at radius 3 is 1.50 bits per heavy atom. The minimum absolute atomic E-state index is 0.0171. The van der Waals surface area contributed by atoms with Crippen molar-refractivity contribution < 1.29 is 91.7 Å². The van der Waals surface area contributed by atoms with Crippen LogP contribution in [-0.2, 0) is 92.9 Å². The smallest absolute Gasteiger partial charge is 0.338 e. The SMILES string of the molecule is COC(=O)CCCCCO[C@@H]1O[C@H](CO)[C@@H](O)[C@H](O[C@@H]2O[C@H](CO)[C@H](O)[C@H](O[C@H]3O[C@H](COCc4ccccc4)[C@H](OCc4ccccc4)[C@H](OCc4ccccc4)[C@H]3OCc3ccccc3)[C@H]2OC(=O)c2ccccc2)[C@H]1NC(C)=O. The monoisotopic (exact) mass is 1140 g/mol. The van der Waals surface area contributed by atoms with Crippen molar-refractivity contribution in [2.75, 3.05) is 33.5 Å². The fourth-order valence-electron chi connectivity index (χ4n) is 9.97. The van der Waals surface area contributed by atoms with Crippen molar-refractivity contribution in [2.24, 2.45) is 0 Å². The lowest BCUT2D eigenvalue weighted by Crippen LogP contribution is -2.69. The highest BCUT2D eigenvalue weighted by Gasteiger charge is 2.57. The zero-order valence-electron chi connectivity index (χ0n) is 46.0. The van der Waals surface area contributed by atoms with E-state index >= 15 is 0 Å². The zero-order valence-corrected chi connectivity index (χ0v) is 46.0. The molecule has 5 N–H and O–H groups in total. The number of nitrogens with one attached hydrogen (secondary N) is 1. The number of methoxy groups -OCH3 is 1. The Hall–Kier alpha value is -6.05. The molecule has 3 aliphatic rings. The van der Waals surface area contributed by atoms with Crippen LogP contribution in [0.3, 0.4) is 0 Å². The molecule has 3 fully saturated rings. The van der Waals surface area contributed by atoms with Crippen LogP contribution < -0.4 is 5.32 Å². The first-order valence-corrected chi connectivity index (χ1v) is 27.7. The molecule has 5 aromatic rings. The third-order valence-electron chi connectivity index (χ3n) is 14.2. The molecule has 442 valence electrons. The van der Waals surface area contributed by atoms with Gasteiger partial charge in [-0.25, -0.2) is 4.79 Å². The summed E-state index contributed by atoms with van der Waals surface area (Å²) < 4.78 is 77.3. The van der Waals surface area contributed by atoms with Gasteiger partial charge in [0, 0.05) is 20.0 Å². The van der Waals surface area contributed by atoms with Gasteiger partial charge in [-0.05, 0) is 47.2 Å². The fourth-order valence-corrected chi connectivity index (χ4v) is 9.97. The summed E-state index contributed by atoms with van der Waals surface area (Å²) >= 11 is 0. The quantitative estimate of drug-likeness (QED) is 0.0309. The number of aliphatic hydroxyl groups is 4. The van der Waals surface area contributed by atoms with Gasteiger partial charge in [0.1, 0.15) is 67.1 Å². The normalized spacial score (nSPS) is 28.2. The molecular weight excluding hydrogens is 1060 g/mol. The second-order valence-corrected chi connectivity index (χ2v) is 20.2. The van der Waals surface area contributed by atoms with E-state index in [0.29, 0.717) is 19.3 Å². The largest absolute Gasteiger partial charge is 0.469 e. The van der Waals surface area contributed by atoms with Crippen LogP contribution in [0.1, 0.15) is 65.2 Å². The van der Waals surface area contributed by atoms with E-state index in [9.17, 15) is 34.8 Å². The molecule has 20 nitrogen and oxygen atoms in total. The Morgan fingerprint density at radius 1 is 0.500 bits per heavy atom. The summed E-state index contributed by atoms with van der Waals surface area (Å²) in [5.74, 6) is -1.82.